The van der Waals surface area contributed by atoms with E-state index in [-0.39, 0.29) is 30.9 Å². The van der Waals surface area contributed by atoms with Crippen molar-refractivity contribution in [3.8, 4) is 22.6 Å². The molecule has 11 nitrogen and oxygen atoms in total. The summed E-state index contributed by atoms with van der Waals surface area (Å²) in [6.07, 6.45) is 3.28. The van der Waals surface area contributed by atoms with Crippen LogP contribution in [0.5, 0.6) is 11.5 Å². The molecule has 2 aromatic carbocycles. The van der Waals surface area contributed by atoms with Crippen molar-refractivity contribution >= 4 is 17.7 Å². The van der Waals surface area contributed by atoms with E-state index in [0.717, 1.165) is 11.1 Å². The molecule has 1 fully saturated rings. The Kier molecular flexibility index (Phi) is 7.78. The summed E-state index contributed by atoms with van der Waals surface area (Å²) in [5.74, 6) is 1.04. The number of nitrogens with zero attached hydrogens (tertiary/aromatic N) is 3. The number of aromatic nitrogens is 3. The molecule has 3 aliphatic heterocycles. The minimum absolute atomic E-state index is 0.132. The van der Waals surface area contributed by atoms with Crippen molar-refractivity contribution in [2.24, 2.45) is 0 Å². The second-order valence-corrected chi connectivity index (χ2v) is 10.8. The lowest BCUT2D eigenvalue weighted by atomic mass is 10.00. The smallest absolute Gasteiger partial charge is 0.274 e. The number of rotatable bonds is 1. The van der Waals surface area contributed by atoms with Gasteiger partial charge in [0.05, 0.1) is 11.6 Å². The Morgan fingerprint density at radius 2 is 1.79 bits per heavy atom. The van der Waals surface area contributed by atoms with E-state index in [1.807, 2.05) is 50.2 Å². The lowest BCUT2D eigenvalue weighted by Gasteiger charge is -2.38. The zero-order chi connectivity index (χ0) is 29.9. The summed E-state index contributed by atoms with van der Waals surface area (Å²) >= 11 is 0. The van der Waals surface area contributed by atoms with Crippen LogP contribution >= 0.6 is 0 Å². The zero-order valence-corrected chi connectivity index (χ0v) is 23.9. The molecule has 220 valence electrons. The zero-order valence-electron chi connectivity index (χ0n) is 23.9. The maximum Gasteiger partial charge on any atom is 0.274 e. The number of nitrogens with one attached hydrogen (secondary N) is 3. The first-order chi connectivity index (χ1) is 20.8. The molecule has 0 spiro atoms. The standard InChI is InChI=1S/C32H32N6O5/c1-19-30(36-20(2)35-19)32(41)38-11-10-28-27(17-38)37-31(40)24-12-23(15-33-16-24)22-4-3-5-26(13-22)42-18-29(39)34-14-21-6-8-25(43-28)9-7-21/h3-9,12-13,15-16,27-28H,10-11,14,17-18H2,1-2H3,(H,34,39)(H,35,36)(H,37,40)/t27-,28+/m1/s1. The molecule has 5 heterocycles. The summed E-state index contributed by atoms with van der Waals surface area (Å²) in [6, 6.07) is 16.0. The second-order valence-electron chi connectivity index (χ2n) is 10.8. The average molecular weight is 581 g/mol. The molecule has 0 radical (unpaired) electrons. The van der Waals surface area contributed by atoms with Gasteiger partial charge in [0.15, 0.2) is 6.61 Å². The number of amides is 3. The Hall–Kier alpha value is -5.19. The Morgan fingerprint density at radius 3 is 2.58 bits per heavy atom. The van der Waals surface area contributed by atoms with Crippen molar-refractivity contribution in [2.45, 2.75) is 39.0 Å². The third-order valence-corrected chi connectivity index (χ3v) is 7.60. The number of pyridine rings is 1. The van der Waals surface area contributed by atoms with E-state index >= 15 is 0 Å². The quantitative estimate of drug-likeness (QED) is 0.314. The highest BCUT2D eigenvalue weighted by Gasteiger charge is 2.35. The van der Waals surface area contributed by atoms with Gasteiger partial charge in [-0.1, -0.05) is 24.3 Å². The van der Waals surface area contributed by atoms with Crippen LogP contribution in [-0.2, 0) is 11.3 Å². The minimum atomic E-state index is -0.504. The number of aromatic amines is 1. The van der Waals surface area contributed by atoms with Crippen LogP contribution < -0.4 is 20.1 Å². The number of imidazole rings is 1. The fourth-order valence-electron chi connectivity index (χ4n) is 5.36. The van der Waals surface area contributed by atoms with Crippen LogP contribution in [-0.4, -0.2) is 69.4 Å². The highest BCUT2D eigenvalue weighted by Crippen LogP contribution is 2.26. The maximum atomic E-state index is 13.6. The van der Waals surface area contributed by atoms with Crippen LogP contribution in [0.25, 0.3) is 11.1 Å². The van der Waals surface area contributed by atoms with Crippen LogP contribution in [0.3, 0.4) is 0 Å². The molecule has 1 saturated heterocycles. The number of likely N-dealkylation sites (tertiary alicyclic amines) is 1. The first kappa shape index (κ1) is 28.0. The van der Waals surface area contributed by atoms with Crippen molar-refractivity contribution in [3.63, 3.8) is 0 Å². The van der Waals surface area contributed by atoms with Gasteiger partial charge in [-0.25, -0.2) is 4.98 Å². The van der Waals surface area contributed by atoms with Crippen molar-refractivity contribution < 1.29 is 23.9 Å². The number of piperidine rings is 1. The average Bonchev–Trinajstić information content (AvgIpc) is 3.37. The van der Waals surface area contributed by atoms with E-state index in [1.165, 1.54) is 6.20 Å². The molecule has 3 amide bonds. The number of carbonyl (C=O) groups is 3. The molecule has 43 heavy (non-hydrogen) atoms. The van der Waals surface area contributed by atoms with Crippen LogP contribution in [0.15, 0.2) is 67.0 Å². The van der Waals surface area contributed by atoms with Gasteiger partial charge in [0.2, 0.25) is 0 Å². The lowest BCUT2D eigenvalue weighted by Crippen LogP contribution is -2.58. The number of fused-ring (bicyclic) bond motifs is 7. The highest BCUT2D eigenvalue weighted by atomic mass is 16.5. The minimum Gasteiger partial charge on any atom is -0.488 e. The molecule has 2 atom stereocenters. The fraction of sp³-hybridized carbons (Fsp3) is 0.281. The predicted octanol–water partition coefficient (Wildman–Crippen LogP) is 3.19. The molecule has 0 saturated carbocycles. The van der Waals surface area contributed by atoms with E-state index in [9.17, 15) is 14.4 Å². The highest BCUT2D eigenvalue weighted by molar-refractivity contribution is 5.96. The van der Waals surface area contributed by atoms with Crippen molar-refractivity contribution in [1.29, 1.82) is 0 Å². The van der Waals surface area contributed by atoms with E-state index in [1.54, 1.807) is 29.3 Å². The van der Waals surface area contributed by atoms with Gasteiger partial charge >= 0.3 is 0 Å². The summed E-state index contributed by atoms with van der Waals surface area (Å²) in [5.41, 5.74) is 3.85. The van der Waals surface area contributed by atoms with Crippen LogP contribution in [0, 0.1) is 13.8 Å². The van der Waals surface area contributed by atoms with Crippen molar-refractivity contribution in [1.82, 2.24) is 30.5 Å². The molecular weight excluding hydrogens is 548 g/mol. The number of hydrogen-bond acceptors (Lipinski definition) is 7. The van der Waals surface area contributed by atoms with Gasteiger partial charge in [0.25, 0.3) is 17.7 Å². The van der Waals surface area contributed by atoms with Crippen LogP contribution in [0.2, 0.25) is 0 Å². The molecule has 11 heteroatoms. The van der Waals surface area contributed by atoms with E-state index in [4.69, 9.17) is 9.47 Å². The lowest BCUT2D eigenvalue weighted by molar-refractivity contribution is -0.123. The SMILES string of the molecule is Cc1nc(C(=O)N2CC[C@@H]3Oc4ccc(cc4)CNC(=O)COc4cccc(c4)-c4cncc(c4)C(=O)N[C@@H]3C2)c(C)[nH]1. The van der Waals surface area contributed by atoms with E-state index in [0.29, 0.717) is 59.3 Å². The Balaban J connectivity index is 1.31. The van der Waals surface area contributed by atoms with Gasteiger partial charge in [-0.05, 0) is 55.3 Å². The molecule has 0 unspecified atom stereocenters. The van der Waals surface area contributed by atoms with Crippen LogP contribution in [0.1, 0.15) is 44.3 Å². The molecule has 0 aliphatic carbocycles. The first-order valence-electron chi connectivity index (χ1n) is 14.2. The monoisotopic (exact) mass is 580 g/mol. The Labute approximate surface area is 248 Å². The summed E-state index contributed by atoms with van der Waals surface area (Å²) in [6.45, 7) is 4.53. The number of benzene rings is 2. The first-order valence-corrected chi connectivity index (χ1v) is 14.2. The van der Waals surface area contributed by atoms with Crippen molar-refractivity contribution in [2.75, 3.05) is 19.7 Å². The van der Waals surface area contributed by atoms with Crippen LogP contribution in [0.4, 0.5) is 0 Å². The molecule has 7 rings (SSSR count). The normalized spacial score (nSPS) is 18.9. The molecule has 4 aromatic rings. The molecular formula is C32H32N6O5. The second kappa shape index (κ2) is 12.0. The van der Waals surface area contributed by atoms with Crippen molar-refractivity contribution in [3.05, 3.63) is 95.3 Å². The molecule has 2 aromatic heterocycles. The number of aryl methyl sites for hydroxylation is 2. The number of H-pyrrole nitrogens is 1. The Bertz CT molecular complexity index is 1670. The molecule has 6 bridgehead atoms. The largest absolute Gasteiger partial charge is 0.488 e. The number of hydrogen-bond donors (Lipinski definition) is 3. The predicted molar refractivity (Wildman–Crippen MR) is 158 cm³/mol. The van der Waals surface area contributed by atoms with Gasteiger partial charge in [0, 0.05) is 49.7 Å². The van der Waals surface area contributed by atoms with Gasteiger partial charge in [-0.2, -0.15) is 0 Å². The summed E-state index contributed by atoms with van der Waals surface area (Å²) in [7, 11) is 0. The summed E-state index contributed by atoms with van der Waals surface area (Å²) in [5, 5.41) is 5.98. The topological polar surface area (TPSA) is 139 Å². The summed E-state index contributed by atoms with van der Waals surface area (Å²) in [4.78, 5) is 52.9. The van der Waals surface area contributed by atoms with E-state index in [2.05, 4.69) is 25.6 Å². The maximum absolute atomic E-state index is 13.6. The van der Waals surface area contributed by atoms with Gasteiger partial charge < -0.3 is 30.0 Å². The fourth-order valence-corrected chi connectivity index (χ4v) is 5.36. The van der Waals surface area contributed by atoms with Gasteiger partial charge in [-0.15, -0.1) is 0 Å². The molecule has 3 N–H and O–H groups in total. The van der Waals surface area contributed by atoms with Gasteiger partial charge in [-0.3, -0.25) is 19.4 Å². The third-order valence-electron chi connectivity index (χ3n) is 7.60. The molecule has 3 aliphatic rings. The Morgan fingerprint density at radius 1 is 0.977 bits per heavy atom. The third kappa shape index (κ3) is 6.35. The van der Waals surface area contributed by atoms with Gasteiger partial charge in [0.1, 0.15) is 29.1 Å². The summed E-state index contributed by atoms with van der Waals surface area (Å²) < 4.78 is 12.1. The van der Waals surface area contributed by atoms with E-state index < -0.39 is 12.1 Å². The number of carbonyl (C=O) groups excluding carboxylic acids is 3. The number of ether oxygens (including phenoxy) is 2.